The molecule has 0 aliphatic carbocycles. The quantitative estimate of drug-likeness (QED) is 0.792. The first kappa shape index (κ1) is 13.8. The Kier molecular flexibility index (Phi) is 6.16. The molecule has 1 rings (SSSR count). The van der Waals surface area contributed by atoms with E-state index in [4.69, 9.17) is 9.47 Å². The normalized spacial score (nSPS) is 10.2. The zero-order chi connectivity index (χ0) is 12.0. The fourth-order valence-corrected chi connectivity index (χ4v) is 2.52. The van der Waals surface area contributed by atoms with E-state index in [9.17, 15) is 0 Å². The molecule has 0 heterocycles. The van der Waals surface area contributed by atoms with Crippen LogP contribution in [0.3, 0.4) is 0 Å². The molecule has 3 nitrogen and oxygen atoms in total. The Morgan fingerprint density at radius 1 is 1.25 bits per heavy atom. The molecule has 0 unspecified atom stereocenters. The Morgan fingerprint density at radius 3 is 2.62 bits per heavy atom. The van der Waals surface area contributed by atoms with Crippen LogP contribution in [0.1, 0.15) is 6.92 Å². The van der Waals surface area contributed by atoms with Gasteiger partial charge in [-0.3, -0.25) is 0 Å². The first-order valence-electron chi connectivity index (χ1n) is 5.03. The van der Waals surface area contributed by atoms with Gasteiger partial charge in [-0.25, -0.2) is 0 Å². The van der Waals surface area contributed by atoms with E-state index >= 15 is 0 Å². The van der Waals surface area contributed by atoms with E-state index in [0.717, 1.165) is 33.5 Å². The summed E-state index contributed by atoms with van der Waals surface area (Å²) in [6, 6.07) is 3.90. The standard InChI is InChI=1S/C11H15Br2NO2/c1-3-16-5-4-14-10-7-11(15-2)9(13)6-8(10)12/h6-7,14H,3-5H2,1-2H3. The Hall–Kier alpha value is -0.260. The number of ether oxygens (including phenoxy) is 2. The second-order valence-corrected chi connectivity index (χ2v) is 4.80. The number of rotatable bonds is 6. The Balaban J connectivity index is 2.64. The highest BCUT2D eigenvalue weighted by Gasteiger charge is 2.06. The van der Waals surface area contributed by atoms with Crippen molar-refractivity contribution in [1.82, 2.24) is 0 Å². The second-order valence-electron chi connectivity index (χ2n) is 3.09. The number of benzene rings is 1. The highest BCUT2D eigenvalue weighted by Crippen LogP contribution is 2.34. The zero-order valence-corrected chi connectivity index (χ0v) is 12.5. The topological polar surface area (TPSA) is 30.5 Å². The molecule has 0 saturated heterocycles. The van der Waals surface area contributed by atoms with E-state index < -0.39 is 0 Å². The molecule has 0 fully saturated rings. The van der Waals surface area contributed by atoms with Crippen LogP contribution in [-0.4, -0.2) is 26.9 Å². The first-order valence-corrected chi connectivity index (χ1v) is 6.62. The molecule has 0 spiro atoms. The summed E-state index contributed by atoms with van der Waals surface area (Å²) in [4.78, 5) is 0. The van der Waals surface area contributed by atoms with Crippen molar-refractivity contribution in [2.24, 2.45) is 0 Å². The van der Waals surface area contributed by atoms with E-state index in [1.165, 1.54) is 0 Å². The number of anilines is 1. The lowest BCUT2D eigenvalue weighted by Gasteiger charge is -2.11. The largest absolute Gasteiger partial charge is 0.495 e. The van der Waals surface area contributed by atoms with Gasteiger partial charge in [-0.05, 0) is 44.8 Å². The summed E-state index contributed by atoms with van der Waals surface area (Å²) in [5.74, 6) is 0.808. The summed E-state index contributed by atoms with van der Waals surface area (Å²) in [6.45, 7) is 4.20. The highest BCUT2D eigenvalue weighted by molar-refractivity contribution is 9.11. The van der Waals surface area contributed by atoms with Crippen LogP contribution in [0.4, 0.5) is 5.69 Å². The Bertz CT molecular complexity index is 345. The van der Waals surface area contributed by atoms with Crippen molar-refractivity contribution < 1.29 is 9.47 Å². The minimum atomic E-state index is 0.696. The Labute approximate surface area is 113 Å². The highest BCUT2D eigenvalue weighted by atomic mass is 79.9. The molecule has 0 aliphatic rings. The summed E-state index contributed by atoms with van der Waals surface area (Å²) in [5.41, 5.74) is 1.000. The van der Waals surface area contributed by atoms with Gasteiger partial charge in [-0.15, -0.1) is 0 Å². The third kappa shape index (κ3) is 3.96. The van der Waals surface area contributed by atoms with Crippen molar-refractivity contribution in [3.63, 3.8) is 0 Å². The van der Waals surface area contributed by atoms with E-state index in [-0.39, 0.29) is 0 Å². The molecule has 0 aromatic heterocycles. The van der Waals surface area contributed by atoms with Crippen molar-refractivity contribution in [3.8, 4) is 5.75 Å². The van der Waals surface area contributed by atoms with Crippen molar-refractivity contribution >= 4 is 37.5 Å². The fourth-order valence-electron chi connectivity index (χ4n) is 1.22. The Morgan fingerprint density at radius 2 is 2.00 bits per heavy atom. The maximum atomic E-state index is 5.26. The molecular formula is C11H15Br2NO2. The molecule has 16 heavy (non-hydrogen) atoms. The third-order valence-electron chi connectivity index (χ3n) is 2.01. The summed E-state index contributed by atoms with van der Waals surface area (Å²) in [6.07, 6.45) is 0. The van der Waals surface area contributed by atoms with Gasteiger partial charge in [0.1, 0.15) is 5.75 Å². The fraction of sp³-hybridized carbons (Fsp3) is 0.455. The second kappa shape index (κ2) is 7.14. The number of nitrogens with one attached hydrogen (secondary N) is 1. The van der Waals surface area contributed by atoms with Gasteiger partial charge in [-0.2, -0.15) is 0 Å². The van der Waals surface area contributed by atoms with E-state index in [1.807, 2.05) is 19.1 Å². The van der Waals surface area contributed by atoms with Crippen LogP contribution in [0.15, 0.2) is 21.1 Å². The van der Waals surface area contributed by atoms with Crippen LogP contribution >= 0.6 is 31.9 Å². The van der Waals surface area contributed by atoms with Crippen molar-refractivity contribution in [3.05, 3.63) is 21.1 Å². The van der Waals surface area contributed by atoms with Crippen molar-refractivity contribution in [2.45, 2.75) is 6.92 Å². The molecule has 0 radical (unpaired) electrons. The number of hydrogen-bond acceptors (Lipinski definition) is 3. The van der Waals surface area contributed by atoms with Gasteiger partial charge >= 0.3 is 0 Å². The molecule has 0 aliphatic heterocycles. The molecule has 0 saturated carbocycles. The van der Waals surface area contributed by atoms with Gasteiger partial charge < -0.3 is 14.8 Å². The van der Waals surface area contributed by atoms with E-state index in [1.54, 1.807) is 7.11 Å². The van der Waals surface area contributed by atoms with Crippen molar-refractivity contribution in [1.29, 1.82) is 0 Å². The lowest BCUT2D eigenvalue weighted by molar-refractivity contribution is 0.158. The zero-order valence-electron chi connectivity index (χ0n) is 9.35. The van der Waals surface area contributed by atoms with Crippen LogP contribution in [0, 0.1) is 0 Å². The molecular weight excluding hydrogens is 338 g/mol. The predicted molar refractivity (Wildman–Crippen MR) is 73.4 cm³/mol. The molecule has 0 bridgehead atoms. The summed E-state index contributed by atoms with van der Waals surface area (Å²) >= 11 is 6.92. The lowest BCUT2D eigenvalue weighted by atomic mass is 10.3. The van der Waals surface area contributed by atoms with Crippen LogP contribution in [0.2, 0.25) is 0 Å². The summed E-state index contributed by atoms with van der Waals surface area (Å²) < 4.78 is 12.4. The number of methoxy groups -OCH3 is 1. The number of hydrogen-bond donors (Lipinski definition) is 1. The number of halogens is 2. The van der Waals surface area contributed by atoms with Crippen LogP contribution in [0.5, 0.6) is 5.75 Å². The molecule has 0 atom stereocenters. The molecule has 1 aromatic rings. The van der Waals surface area contributed by atoms with Crippen LogP contribution < -0.4 is 10.1 Å². The van der Waals surface area contributed by atoms with E-state index in [2.05, 4.69) is 37.2 Å². The van der Waals surface area contributed by atoms with Gasteiger partial charge in [0.25, 0.3) is 0 Å². The van der Waals surface area contributed by atoms with Crippen molar-refractivity contribution in [2.75, 3.05) is 32.2 Å². The van der Waals surface area contributed by atoms with Gasteiger partial charge in [-0.1, -0.05) is 0 Å². The predicted octanol–water partition coefficient (Wildman–Crippen LogP) is 3.67. The van der Waals surface area contributed by atoms with Crippen LogP contribution in [0.25, 0.3) is 0 Å². The molecule has 0 amide bonds. The summed E-state index contributed by atoms with van der Waals surface area (Å²) in [7, 11) is 1.65. The van der Waals surface area contributed by atoms with E-state index in [0.29, 0.717) is 6.61 Å². The minimum Gasteiger partial charge on any atom is -0.495 e. The average Bonchev–Trinajstić information content (AvgIpc) is 2.27. The van der Waals surface area contributed by atoms with Gasteiger partial charge in [0, 0.05) is 23.7 Å². The average molecular weight is 353 g/mol. The SMILES string of the molecule is CCOCCNc1cc(OC)c(Br)cc1Br. The monoisotopic (exact) mass is 351 g/mol. The lowest BCUT2D eigenvalue weighted by Crippen LogP contribution is -2.09. The molecule has 1 N–H and O–H groups in total. The minimum absolute atomic E-state index is 0.696. The molecule has 90 valence electrons. The molecule has 5 heteroatoms. The smallest absolute Gasteiger partial charge is 0.135 e. The third-order valence-corrected chi connectivity index (χ3v) is 3.28. The maximum Gasteiger partial charge on any atom is 0.135 e. The maximum absolute atomic E-state index is 5.26. The first-order chi connectivity index (χ1) is 7.69. The van der Waals surface area contributed by atoms with Gasteiger partial charge in [0.2, 0.25) is 0 Å². The van der Waals surface area contributed by atoms with Gasteiger partial charge in [0.15, 0.2) is 0 Å². The summed E-state index contributed by atoms with van der Waals surface area (Å²) in [5, 5.41) is 3.28. The van der Waals surface area contributed by atoms with Crippen LogP contribution in [-0.2, 0) is 4.74 Å². The van der Waals surface area contributed by atoms with Gasteiger partial charge in [0.05, 0.1) is 23.9 Å². The molecule has 1 aromatic carbocycles.